The van der Waals surface area contributed by atoms with E-state index in [1.165, 1.54) is 16.9 Å². The van der Waals surface area contributed by atoms with E-state index in [1.54, 1.807) is 0 Å². The third-order valence-electron chi connectivity index (χ3n) is 5.45. The number of aromatic nitrogens is 1. The fourth-order valence-electron chi connectivity index (χ4n) is 3.94. The first-order valence-corrected chi connectivity index (χ1v) is 12.1. The molecule has 1 aliphatic carbocycles. The number of hydrogen-bond donors (Lipinski definition) is 1. The number of anilines is 2. The van der Waals surface area contributed by atoms with Gasteiger partial charge in [0.25, 0.3) is 15.8 Å². The minimum atomic E-state index is -3.54. The highest BCUT2D eigenvalue weighted by molar-refractivity contribution is 7.91. The summed E-state index contributed by atoms with van der Waals surface area (Å²) in [6.07, 6.45) is 6.65. The highest BCUT2D eigenvalue weighted by atomic mass is 32.2. The van der Waals surface area contributed by atoms with Gasteiger partial charge in [0, 0.05) is 37.7 Å². The molecule has 2 aliphatic heterocycles. The fraction of sp³-hybridized carbons (Fsp3) is 0.526. The van der Waals surface area contributed by atoms with E-state index in [9.17, 15) is 8.42 Å². The van der Waals surface area contributed by atoms with Crippen LogP contribution in [0.2, 0.25) is 0 Å². The van der Waals surface area contributed by atoms with Crippen LogP contribution in [-0.4, -0.2) is 49.8 Å². The van der Waals surface area contributed by atoms with Crippen LogP contribution in [-0.2, 0) is 14.8 Å². The number of ether oxygens (including phenoxy) is 3. The molecule has 0 radical (unpaired) electrons. The molecule has 1 aromatic heterocycles. The lowest BCUT2D eigenvalue weighted by Gasteiger charge is -2.31. The quantitative estimate of drug-likeness (QED) is 0.785. The molecule has 2 fully saturated rings. The molecule has 156 valence electrons. The molecular formula is C19H23N3O5S2. The average molecular weight is 438 g/mol. The smallest absolute Gasteiger partial charge is 0.254 e. The van der Waals surface area contributed by atoms with E-state index in [0.29, 0.717) is 31.4 Å². The summed E-state index contributed by atoms with van der Waals surface area (Å²) in [7, 11) is -3.54. The normalized spacial score (nSPS) is 21.4. The molecule has 1 N–H and O–H groups in total. The second-order valence-electron chi connectivity index (χ2n) is 7.46. The number of hydrogen-bond acceptors (Lipinski definition) is 8. The summed E-state index contributed by atoms with van der Waals surface area (Å²) >= 11 is 1.12. The minimum Gasteiger partial charge on any atom is -0.448 e. The molecule has 8 nitrogen and oxygen atoms in total. The SMILES string of the molecule is O=S(=O)(c1cnc(Nc2ccc3c(c2)OC2(CCCCC2)O3)s1)N1CCOCC1. The topological polar surface area (TPSA) is 90.0 Å². The summed E-state index contributed by atoms with van der Waals surface area (Å²) in [4.78, 5) is 4.25. The second-order valence-corrected chi connectivity index (χ2v) is 10.7. The van der Waals surface area contributed by atoms with Gasteiger partial charge in [-0.25, -0.2) is 13.4 Å². The van der Waals surface area contributed by atoms with E-state index in [1.807, 2.05) is 18.2 Å². The summed E-state index contributed by atoms with van der Waals surface area (Å²) in [6.45, 7) is 1.57. The molecule has 2 aromatic rings. The van der Waals surface area contributed by atoms with Crippen molar-refractivity contribution in [3.63, 3.8) is 0 Å². The Bertz CT molecular complexity index is 995. The standard InChI is InChI=1S/C19H23N3O5S2/c23-29(24,22-8-10-25-11-9-22)17-13-20-18(28-17)21-14-4-5-15-16(12-14)27-19(26-15)6-2-1-3-7-19/h4-5,12-13H,1-3,6-11H2,(H,20,21). The second kappa shape index (κ2) is 7.42. The molecule has 0 amide bonds. The van der Waals surface area contributed by atoms with E-state index in [0.717, 1.165) is 54.2 Å². The molecule has 3 aliphatic rings. The Morgan fingerprint density at radius 1 is 1.07 bits per heavy atom. The van der Waals surface area contributed by atoms with Crippen molar-refractivity contribution in [2.45, 2.75) is 42.1 Å². The summed E-state index contributed by atoms with van der Waals surface area (Å²) in [5.41, 5.74) is 0.782. The number of fused-ring (bicyclic) bond motifs is 1. The number of nitrogens with zero attached hydrogens (tertiary/aromatic N) is 2. The van der Waals surface area contributed by atoms with Crippen LogP contribution in [0, 0.1) is 0 Å². The molecule has 10 heteroatoms. The zero-order valence-electron chi connectivity index (χ0n) is 15.9. The van der Waals surface area contributed by atoms with Crippen molar-refractivity contribution in [1.82, 2.24) is 9.29 Å². The van der Waals surface area contributed by atoms with Gasteiger partial charge < -0.3 is 19.5 Å². The van der Waals surface area contributed by atoms with Gasteiger partial charge in [-0.1, -0.05) is 17.8 Å². The third-order valence-corrected chi connectivity index (χ3v) is 8.70. The Balaban J connectivity index is 1.31. The Morgan fingerprint density at radius 3 is 2.62 bits per heavy atom. The van der Waals surface area contributed by atoms with Crippen LogP contribution in [0.25, 0.3) is 0 Å². The van der Waals surface area contributed by atoms with Crippen molar-refractivity contribution < 1.29 is 22.6 Å². The van der Waals surface area contributed by atoms with Crippen molar-refractivity contribution in [2.24, 2.45) is 0 Å². The molecule has 1 aromatic carbocycles. The van der Waals surface area contributed by atoms with Crippen LogP contribution in [0.1, 0.15) is 32.1 Å². The van der Waals surface area contributed by atoms with Crippen molar-refractivity contribution in [3.8, 4) is 11.5 Å². The monoisotopic (exact) mass is 437 g/mol. The number of benzene rings is 1. The van der Waals surface area contributed by atoms with Crippen LogP contribution >= 0.6 is 11.3 Å². The van der Waals surface area contributed by atoms with Crippen LogP contribution in [0.15, 0.2) is 28.6 Å². The maximum Gasteiger partial charge on any atom is 0.254 e. The number of sulfonamides is 1. The number of nitrogens with one attached hydrogen (secondary N) is 1. The lowest BCUT2D eigenvalue weighted by atomic mass is 9.94. The van der Waals surface area contributed by atoms with E-state index in [4.69, 9.17) is 14.2 Å². The first-order chi connectivity index (χ1) is 14.0. The number of thiazole rings is 1. The summed E-state index contributed by atoms with van der Waals surface area (Å²) in [5.74, 6) is 0.960. The zero-order valence-corrected chi connectivity index (χ0v) is 17.6. The van der Waals surface area contributed by atoms with Crippen molar-refractivity contribution in [3.05, 3.63) is 24.4 Å². The van der Waals surface area contributed by atoms with Crippen LogP contribution in [0.4, 0.5) is 10.8 Å². The predicted molar refractivity (Wildman–Crippen MR) is 108 cm³/mol. The van der Waals surface area contributed by atoms with Gasteiger partial charge in [0.1, 0.15) is 0 Å². The van der Waals surface area contributed by atoms with Crippen molar-refractivity contribution >= 4 is 32.2 Å². The zero-order chi connectivity index (χ0) is 19.9. The first-order valence-electron chi connectivity index (χ1n) is 9.87. The maximum absolute atomic E-state index is 12.8. The maximum atomic E-state index is 12.8. The van der Waals surface area contributed by atoms with Gasteiger partial charge in [-0.05, 0) is 25.0 Å². The third kappa shape index (κ3) is 3.70. The molecule has 1 saturated carbocycles. The molecule has 1 spiro atoms. The van der Waals surface area contributed by atoms with Gasteiger partial charge >= 0.3 is 0 Å². The molecule has 5 rings (SSSR count). The summed E-state index contributed by atoms with van der Waals surface area (Å²) < 4.78 is 44.7. The molecule has 29 heavy (non-hydrogen) atoms. The van der Waals surface area contributed by atoms with Crippen LogP contribution < -0.4 is 14.8 Å². The average Bonchev–Trinajstić information content (AvgIpc) is 3.34. The summed E-state index contributed by atoms with van der Waals surface area (Å²) in [5, 5.41) is 3.70. The van der Waals surface area contributed by atoms with Crippen molar-refractivity contribution in [2.75, 3.05) is 31.6 Å². The van der Waals surface area contributed by atoms with Gasteiger partial charge in [-0.15, -0.1) is 0 Å². The molecule has 0 unspecified atom stereocenters. The van der Waals surface area contributed by atoms with Gasteiger partial charge in [0.2, 0.25) is 0 Å². The van der Waals surface area contributed by atoms with E-state index in [-0.39, 0.29) is 4.21 Å². The Labute approximate surface area is 173 Å². The first kappa shape index (κ1) is 19.1. The highest BCUT2D eigenvalue weighted by Crippen LogP contribution is 2.46. The Kier molecular flexibility index (Phi) is 4.89. The lowest BCUT2D eigenvalue weighted by Crippen LogP contribution is -2.40. The van der Waals surface area contributed by atoms with Gasteiger partial charge in [-0.3, -0.25) is 0 Å². The number of morpholine rings is 1. The van der Waals surface area contributed by atoms with Gasteiger partial charge in [-0.2, -0.15) is 4.31 Å². The predicted octanol–water partition coefficient (Wildman–Crippen LogP) is 3.34. The van der Waals surface area contributed by atoms with Crippen LogP contribution in [0.5, 0.6) is 11.5 Å². The van der Waals surface area contributed by atoms with Crippen molar-refractivity contribution in [1.29, 1.82) is 0 Å². The van der Waals surface area contributed by atoms with Gasteiger partial charge in [0.15, 0.2) is 20.8 Å². The number of rotatable bonds is 4. The molecule has 0 bridgehead atoms. The molecule has 3 heterocycles. The Morgan fingerprint density at radius 2 is 1.83 bits per heavy atom. The molecular weight excluding hydrogens is 414 g/mol. The molecule has 1 saturated heterocycles. The minimum absolute atomic E-state index is 0.226. The molecule has 0 atom stereocenters. The Hall–Kier alpha value is -1.88. The largest absolute Gasteiger partial charge is 0.448 e. The summed E-state index contributed by atoms with van der Waals surface area (Å²) in [6, 6.07) is 5.66. The van der Waals surface area contributed by atoms with E-state index in [2.05, 4.69) is 10.3 Å². The van der Waals surface area contributed by atoms with Gasteiger partial charge in [0.05, 0.1) is 19.4 Å². The lowest BCUT2D eigenvalue weighted by molar-refractivity contribution is -0.105. The van der Waals surface area contributed by atoms with E-state index >= 15 is 0 Å². The highest BCUT2D eigenvalue weighted by Gasteiger charge is 2.42. The fourth-order valence-corrected chi connectivity index (χ4v) is 6.55. The van der Waals surface area contributed by atoms with E-state index < -0.39 is 15.8 Å². The van der Waals surface area contributed by atoms with Crippen LogP contribution in [0.3, 0.4) is 0 Å².